The Hall–Kier alpha value is -3.22. The molecule has 2 amide bonds. The largest absolute Gasteiger partial charge is 0.364 e. The molecule has 0 bridgehead atoms. The zero-order valence-corrected chi connectivity index (χ0v) is 14.2. The van der Waals surface area contributed by atoms with E-state index in [4.69, 9.17) is 5.73 Å². The van der Waals surface area contributed by atoms with Crippen molar-refractivity contribution in [1.82, 2.24) is 20.1 Å². The minimum atomic E-state index is -0.586. The summed E-state index contributed by atoms with van der Waals surface area (Å²) >= 11 is 0. The number of likely N-dealkylation sites (tertiary alicyclic amines) is 1. The lowest BCUT2D eigenvalue weighted by Crippen LogP contribution is -2.39. The maximum Gasteiger partial charge on any atom is 0.273 e. The van der Waals surface area contributed by atoms with Gasteiger partial charge in [0.05, 0.1) is 17.3 Å². The highest BCUT2D eigenvalue weighted by Gasteiger charge is 2.31. The fourth-order valence-electron chi connectivity index (χ4n) is 3.46. The summed E-state index contributed by atoms with van der Waals surface area (Å²) < 4.78 is 0. The number of pyridine rings is 1. The molecule has 26 heavy (non-hydrogen) atoms. The van der Waals surface area contributed by atoms with Gasteiger partial charge in [0, 0.05) is 11.9 Å². The molecule has 3 N–H and O–H groups in total. The molecule has 0 radical (unpaired) electrons. The Morgan fingerprint density at radius 2 is 1.96 bits per heavy atom. The summed E-state index contributed by atoms with van der Waals surface area (Å²) in [7, 11) is 0. The summed E-state index contributed by atoms with van der Waals surface area (Å²) in [6, 6.07) is 12.9. The number of hydrogen-bond acceptors (Lipinski definition) is 4. The van der Waals surface area contributed by atoms with Gasteiger partial charge < -0.3 is 10.6 Å². The van der Waals surface area contributed by atoms with Crippen LogP contribution in [0.4, 0.5) is 0 Å². The Morgan fingerprint density at radius 3 is 2.77 bits per heavy atom. The lowest BCUT2D eigenvalue weighted by atomic mass is 9.98. The molecule has 3 heterocycles. The number of nitrogens with zero attached hydrogens (tertiary/aromatic N) is 3. The molecule has 1 saturated heterocycles. The smallest absolute Gasteiger partial charge is 0.273 e. The predicted octanol–water partition coefficient (Wildman–Crippen LogP) is 2.42. The van der Waals surface area contributed by atoms with Crippen LogP contribution >= 0.6 is 0 Å². The predicted molar refractivity (Wildman–Crippen MR) is 96.5 cm³/mol. The van der Waals surface area contributed by atoms with Crippen molar-refractivity contribution in [3.05, 3.63) is 59.5 Å². The van der Waals surface area contributed by atoms with Gasteiger partial charge in [0.1, 0.15) is 11.4 Å². The molecule has 1 aliphatic heterocycles. The Kier molecular flexibility index (Phi) is 4.12. The first kappa shape index (κ1) is 16.3. The monoisotopic (exact) mass is 349 g/mol. The number of aromatic nitrogens is 3. The molecule has 4 rings (SSSR count). The molecule has 3 aromatic rings. The molecule has 7 heteroatoms. The summed E-state index contributed by atoms with van der Waals surface area (Å²) in [5.41, 5.74) is 7.41. The van der Waals surface area contributed by atoms with Crippen LogP contribution in [0.3, 0.4) is 0 Å². The van der Waals surface area contributed by atoms with Gasteiger partial charge in [0.2, 0.25) is 0 Å². The number of carbonyl (C=O) groups is 2. The van der Waals surface area contributed by atoms with Crippen molar-refractivity contribution in [3.8, 4) is 0 Å². The molecule has 0 aliphatic carbocycles. The summed E-state index contributed by atoms with van der Waals surface area (Å²) in [4.78, 5) is 30.7. The number of nitrogens with one attached hydrogen (secondary N) is 1. The van der Waals surface area contributed by atoms with Crippen molar-refractivity contribution in [2.75, 3.05) is 6.54 Å². The number of H-pyrrole nitrogens is 1. The van der Waals surface area contributed by atoms with Crippen LogP contribution in [0.1, 0.15) is 52.0 Å². The third kappa shape index (κ3) is 2.92. The van der Waals surface area contributed by atoms with E-state index in [-0.39, 0.29) is 17.6 Å². The number of para-hydroxylation sites is 1. The van der Waals surface area contributed by atoms with Crippen molar-refractivity contribution < 1.29 is 9.59 Å². The van der Waals surface area contributed by atoms with E-state index >= 15 is 0 Å². The van der Waals surface area contributed by atoms with E-state index < -0.39 is 5.91 Å². The third-order valence-corrected chi connectivity index (χ3v) is 4.79. The maximum atomic E-state index is 13.1. The number of aromatic amines is 1. The first-order chi connectivity index (χ1) is 12.6. The van der Waals surface area contributed by atoms with Crippen molar-refractivity contribution in [2.24, 2.45) is 5.73 Å². The first-order valence-electron chi connectivity index (χ1n) is 8.65. The molecular weight excluding hydrogens is 330 g/mol. The number of hydrogen-bond donors (Lipinski definition) is 2. The van der Waals surface area contributed by atoms with Crippen LogP contribution < -0.4 is 5.73 Å². The van der Waals surface area contributed by atoms with E-state index in [0.717, 1.165) is 35.9 Å². The number of piperidine rings is 1. The number of fused-ring (bicyclic) bond motifs is 1. The Balaban J connectivity index is 1.65. The molecule has 132 valence electrons. The first-order valence-corrected chi connectivity index (χ1v) is 8.65. The van der Waals surface area contributed by atoms with Gasteiger partial charge in [-0.05, 0) is 37.5 Å². The van der Waals surface area contributed by atoms with Crippen LogP contribution in [0, 0.1) is 0 Å². The number of rotatable bonds is 3. The summed E-state index contributed by atoms with van der Waals surface area (Å²) in [6.45, 7) is 0.642. The van der Waals surface area contributed by atoms with E-state index in [9.17, 15) is 9.59 Å². The minimum Gasteiger partial charge on any atom is -0.364 e. The number of nitrogens with two attached hydrogens (primary N) is 1. The van der Waals surface area contributed by atoms with Gasteiger partial charge >= 0.3 is 0 Å². The van der Waals surface area contributed by atoms with Crippen molar-refractivity contribution >= 4 is 22.7 Å². The maximum absolute atomic E-state index is 13.1. The minimum absolute atomic E-state index is 0.115. The van der Waals surface area contributed by atoms with Gasteiger partial charge in [-0.25, -0.2) is 4.98 Å². The standard InChI is InChI=1S/C19H19N5O2/c20-18(25)16-11-15(22-23-16)17-7-3-4-10-24(17)19(26)14-9-8-12-5-1-2-6-13(12)21-14/h1-2,5-6,8-9,11,17H,3-4,7,10H2,(H2,20,25)(H,22,23). The lowest BCUT2D eigenvalue weighted by Gasteiger charge is -2.34. The Bertz CT molecular complexity index is 981. The molecule has 7 nitrogen and oxygen atoms in total. The average molecular weight is 349 g/mol. The molecule has 1 aliphatic rings. The quantitative estimate of drug-likeness (QED) is 0.757. The second kappa shape index (κ2) is 6.59. The lowest BCUT2D eigenvalue weighted by molar-refractivity contribution is 0.0600. The van der Waals surface area contributed by atoms with Gasteiger partial charge in [-0.1, -0.05) is 24.3 Å². The molecule has 1 fully saturated rings. The average Bonchev–Trinajstić information content (AvgIpc) is 3.17. The van der Waals surface area contributed by atoms with E-state index in [1.165, 1.54) is 0 Å². The van der Waals surface area contributed by atoms with Crippen molar-refractivity contribution in [3.63, 3.8) is 0 Å². The zero-order chi connectivity index (χ0) is 18.1. The normalized spacial score (nSPS) is 17.4. The van der Waals surface area contributed by atoms with Crippen LogP contribution in [0.2, 0.25) is 0 Å². The van der Waals surface area contributed by atoms with Gasteiger partial charge in [0.15, 0.2) is 0 Å². The highest BCUT2D eigenvalue weighted by atomic mass is 16.2. The van der Waals surface area contributed by atoms with Crippen LogP contribution in [0.25, 0.3) is 10.9 Å². The number of benzene rings is 1. The Labute approximate surface area is 150 Å². The molecule has 2 aromatic heterocycles. The highest BCUT2D eigenvalue weighted by Crippen LogP contribution is 2.31. The fraction of sp³-hybridized carbons (Fsp3) is 0.263. The molecule has 1 atom stereocenters. The second-order valence-corrected chi connectivity index (χ2v) is 6.47. The van der Waals surface area contributed by atoms with Crippen molar-refractivity contribution in [1.29, 1.82) is 0 Å². The number of primary amides is 1. The van der Waals surface area contributed by atoms with E-state index in [1.807, 2.05) is 30.3 Å². The van der Waals surface area contributed by atoms with Gasteiger partial charge in [-0.3, -0.25) is 14.7 Å². The third-order valence-electron chi connectivity index (χ3n) is 4.79. The van der Waals surface area contributed by atoms with Gasteiger partial charge in [-0.2, -0.15) is 5.10 Å². The topological polar surface area (TPSA) is 105 Å². The highest BCUT2D eigenvalue weighted by molar-refractivity contribution is 5.95. The molecule has 1 aromatic carbocycles. The molecule has 0 saturated carbocycles. The molecule has 0 spiro atoms. The van der Waals surface area contributed by atoms with E-state index in [1.54, 1.807) is 17.0 Å². The van der Waals surface area contributed by atoms with E-state index in [0.29, 0.717) is 12.2 Å². The Morgan fingerprint density at radius 1 is 1.12 bits per heavy atom. The van der Waals surface area contributed by atoms with Crippen LogP contribution in [-0.2, 0) is 0 Å². The molecule has 1 unspecified atom stereocenters. The van der Waals surface area contributed by atoms with Gasteiger partial charge in [0.25, 0.3) is 11.8 Å². The van der Waals surface area contributed by atoms with E-state index in [2.05, 4.69) is 15.2 Å². The summed E-state index contributed by atoms with van der Waals surface area (Å²) in [6.07, 6.45) is 2.75. The SMILES string of the molecule is NC(=O)c1cc(C2CCCCN2C(=O)c2ccc3ccccc3n2)[nH]n1. The number of amides is 2. The molecular formula is C19H19N5O2. The number of carbonyl (C=O) groups excluding carboxylic acids is 2. The fourth-order valence-corrected chi connectivity index (χ4v) is 3.46. The van der Waals surface area contributed by atoms with Gasteiger partial charge in [-0.15, -0.1) is 0 Å². The van der Waals surface area contributed by atoms with Crippen molar-refractivity contribution in [2.45, 2.75) is 25.3 Å². The van der Waals surface area contributed by atoms with Crippen LogP contribution in [0.15, 0.2) is 42.5 Å². The van der Waals surface area contributed by atoms with Crippen LogP contribution in [-0.4, -0.2) is 38.4 Å². The van der Waals surface area contributed by atoms with Crippen LogP contribution in [0.5, 0.6) is 0 Å². The summed E-state index contributed by atoms with van der Waals surface area (Å²) in [5.74, 6) is -0.701. The zero-order valence-electron chi connectivity index (χ0n) is 14.2. The summed E-state index contributed by atoms with van der Waals surface area (Å²) in [5, 5.41) is 7.80. The second-order valence-electron chi connectivity index (χ2n) is 6.47.